The molecular weight excluding hydrogens is 349 g/mol. The van der Waals surface area contributed by atoms with Crippen molar-refractivity contribution in [2.45, 2.75) is 56.9 Å². The van der Waals surface area contributed by atoms with Crippen LogP contribution in [-0.2, 0) is 9.31 Å². The molecule has 2 aliphatic rings. The van der Waals surface area contributed by atoms with E-state index in [9.17, 15) is 0 Å². The zero-order valence-electron chi connectivity index (χ0n) is 16.3. The molecule has 0 aliphatic carbocycles. The second-order valence-electron chi connectivity index (χ2n) is 8.23. The summed E-state index contributed by atoms with van der Waals surface area (Å²) in [6.07, 6.45) is 6.07. The van der Waals surface area contributed by atoms with Crippen LogP contribution in [0, 0.1) is 5.92 Å². The van der Waals surface area contributed by atoms with Gasteiger partial charge in [-0.3, -0.25) is 0 Å². The number of thioether (sulfide) groups is 1. The van der Waals surface area contributed by atoms with Gasteiger partial charge in [0, 0.05) is 36.7 Å². The Hall–Kier alpha value is -0.665. The van der Waals surface area contributed by atoms with Crippen LogP contribution in [0.3, 0.4) is 0 Å². The zero-order valence-corrected chi connectivity index (χ0v) is 17.1. The minimum atomic E-state index is -0.413. The highest BCUT2D eigenvalue weighted by atomic mass is 32.2. The average molecular weight is 379 g/mol. The first kappa shape index (κ1) is 20.1. The van der Waals surface area contributed by atoms with Gasteiger partial charge in [-0.2, -0.15) is 0 Å². The highest BCUT2D eigenvalue weighted by molar-refractivity contribution is 7.99. The predicted molar refractivity (Wildman–Crippen MR) is 105 cm³/mol. The number of aliphatic hydroxyl groups is 1. The van der Waals surface area contributed by atoms with Crippen molar-refractivity contribution in [2.75, 3.05) is 32.0 Å². The molecule has 26 heavy (non-hydrogen) atoms. The quantitative estimate of drug-likeness (QED) is 0.457. The summed E-state index contributed by atoms with van der Waals surface area (Å²) in [6.45, 7) is 11.3. The Balaban J connectivity index is 1.52. The summed E-state index contributed by atoms with van der Waals surface area (Å²) in [5, 5.41) is 9.90. The zero-order chi connectivity index (χ0) is 18.8. The summed E-state index contributed by atoms with van der Waals surface area (Å²) in [5.41, 5.74) is 0.152. The molecular formula is C18H30BN3O3S. The molecule has 2 saturated heterocycles. The normalized spacial score (nSPS) is 25.6. The monoisotopic (exact) mass is 379 g/mol. The van der Waals surface area contributed by atoms with Gasteiger partial charge in [-0.05, 0) is 53.0 Å². The third-order valence-corrected chi connectivity index (χ3v) is 6.75. The SMILES string of the molecule is CC1(C)OB(c2cnc(SCC3CCCN(CCO)C3)nc2)OC1(C)C. The maximum atomic E-state index is 9.11. The molecule has 3 rings (SSSR count). The number of aliphatic hydroxyl groups excluding tert-OH is 1. The molecule has 1 unspecified atom stereocenters. The Labute approximate surface area is 161 Å². The molecule has 0 spiro atoms. The number of rotatable bonds is 6. The van der Waals surface area contributed by atoms with Crippen molar-refractivity contribution in [3.05, 3.63) is 12.4 Å². The van der Waals surface area contributed by atoms with Crippen LogP contribution >= 0.6 is 11.8 Å². The van der Waals surface area contributed by atoms with Gasteiger partial charge in [-0.1, -0.05) is 11.8 Å². The number of nitrogens with zero attached hydrogens (tertiary/aromatic N) is 3. The molecule has 0 aromatic carbocycles. The lowest BCUT2D eigenvalue weighted by atomic mass is 9.81. The van der Waals surface area contributed by atoms with E-state index in [1.54, 1.807) is 11.8 Å². The molecule has 0 saturated carbocycles. The van der Waals surface area contributed by atoms with Crippen molar-refractivity contribution in [2.24, 2.45) is 5.92 Å². The second kappa shape index (κ2) is 8.14. The molecule has 144 valence electrons. The molecule has 1 aromatic heterocycles. The van der Waals surface area contributed by atoms with Gasteiger partial charge in [0.2, 0.25) is 0 Å². The van der Waals surface area contributed by atoms with Crippen molar-refractivity contribution in [1.82, 2.24) is 14.9 Å². The van der Waals surface area contributed by atoms with Gasteiger partial charge >= 0.3 is 7.12 Å². The lowest BCUT2D eigenvalue weighted by Crippen LogP contribution is -2.41. The Morgan fingerprint density at radius 2 is 1.88 bits per heavy atom. The Bertz CT molecular complexity index is 582. The van der Waals surface area contributed by atoms with Gasteiger partial charge < -0.3 is 19.3 Å². The number of β-amino-alcohol motifs (C(OH)–C–C–N with tert-alkyl or cyclic N) is 1. The van der Waals surface area contributed by atoms with Crippen molar-refractivity contribution in [3.63, 3.8) is 0 Å². The molecule has 0 bridgehead atoms. The van der Waals surface area contributed by atoms with Crippen LogP contribution in [0.15, 0.2) is 17.6 Å². The molecule has 0 radical (unpaired) electrons. The largest absolute Gasteiger partial charge is 0.498 e. The molecule has 2 aliphatic heterocycles. The van der Waals surface area contributed by atoms with E-state index in [-0.39, 0.29) is 17.8 Å². The first-order valence-electron chi connectivity index (χ1n) is 9.44. The van der Waals surface area contributed by atoms with Crippen LogP contribution in [0.5, 0.6) is 0 Å². The summed E-state index contributed by atoms with van der Waals surface area (Å²) in [7, 11) is -0.413. The summed E-state index contributed by atoms with van der Waals surface area (Å²) < 4.78 is 12.1. The Morgan fingerprint density at radius 1 is 1.23 bits per heavy atom. The third kappa shape index (κ3) is 4.59. The molecule has 1 atom stereocenters. The van der Waals surface area contributed by atoms with Crippen molar-refractivity contribution < 1.29 is 14.4 Å². The average Bonchev–Trinajstić information content (AvgIpc) is 2.82. The van der Waals surface area contributed by atoms with Crippen LogP contribution in [0.2, 0.25) is 0 Å². The van der Waals surface area contributed by atoms with Crippen LogP contribution in [-0.4, -0.2) is 70.3 Å². The molecule has 3 heterocycles. The first-order chi connectivity index (χ1) is 12.3. The number of likely N-dealkylation sites (tertiary alicyclic amines) is 1. The van der Waals surface area contributed by atoms with E-state index >= 15 is 0 Å². The summed E-state index contributed by atoms with van der Waals surface area (Å²) in [6, 6.07) is 0. The predicted octanol–water partition coefficient (Wildman–Crippen LogP) is 1.57. The topological polar surface area (TPSA) is 67.7 Å². The van der Waals surface area contributed by atoms with E-state index in [0.29, 0.717) is 5.92 Å². The number of hydrogen-bond acceptors (Lipinski definition) is 7. The fourth-order valence-corrected chi connectivity index (χ4v) is 4.24. The van der Waals surface area contributed by atoms with Crippen LogP contribution in [0.25, 0.3) is 0 Å². The molecule has 1 N–H and O–H groups in total. The standard InChI is InChI=1S/C18H30BN3O3S/c1-17(2)18(3,4)25-19(24-17)15-10-20-16(21-11-15)26-13-14-6-5-7-22(12-14)8-9-23/h10-11,14,23H,5-9,12-13H2,1-4H3. The Kier molecular flexibility index (Phi) is 6.29. The number of hydrogen-bond donors (Lipinski definition) is 1. The molecule has 0 amide bonds. The van der Waals surface area contributed by atoms with E-state index in [4.69, 9.17) is 14.4 Å². The smallest absolute Gasteiger partial charge is 0.399 e. The van der Waals surface area contributed by atoms with Crippen molar-refractivity contribution in [3.8, 4) is 0 Å². The Morgan fingerprint density at radius 3 is 2.50 bits per heavy atom. The maximum Gasteiger partial charge on any atom is 0.498 e. The van der Waals surface area contributed by atoms with E-state index < -0.39 is 7.12 Å². The summed E-state index contributed by atoms with van der Waals surface area (Å²) in [4.78, 5) is 11.3. The van der Waals surface area contributed by atoms with Crippen molar-refractivity contribution in [1.29, 1.82) is 0 Å². The van der Waals surface area contributed by atoms with E-state index in [2.05, 4.69) is 14.9 Å². The minimum Gasteiger partial charge on any atom is -0.399 e. The van der Waals surface area contributed by atoms with Gasteiger partial charge in [-0.15, -0.1) is 0 Å². The van der Waals surface area contributed by atoms with E-state index in [0.717, 1.165) is 36.0 Å². The molecule has 2 fully saturated rings. The lowest BCUT2D eigenvalue weighted by molar-refractivity contribution is 0.00578. The number of aromatic nitrogens is 2. The number of piperidine rings is 1. The fourth-order valence-electron chi connectivity index (χ4n) is 3.33. The lowest BCUT2D eigenvalue weighted by Gasteiger charge is -2.32. The first-order valence-corrected chi connectivity index (χ1v) is 10.4. The minimum absolute atomic E-state index is 0.239. The fraction of sp³-hybridized carbons (Fsp3) is 0.778. The highest BCUT2D eigenvalue weighted by Gasteiger charge is 2.51. The van der Waals surface area contributed by atoms with Crippen molar-refractivity contribution >= 4 is 24.3 Å². The van der Waals surface area contributed by atoms with Crippen LogP contribution < -0.4 is 5.46 Å². The molecule has 8 heteroatoms. The summed E-state index contributed by atoms with van der Waals surface area (Å²) in [5.74, 6) is 1.64. The second-order valence-corrected chi connectivity index (χ2v) is 9.22. The van der Waals surface area contributed by atoms with Gasteiger partial charge in [-0.25, -0.2) is 9.97 Å². The van der Waals surface area contributed by atoms with Gasteiger partial charge in [0.15, 0.2) is 5.16 Å². The van der Waals surface area contributed by atoms with Crippen LogP contribution in [0.1, 0.15) is 40.5 Å². The van der Waals surface area contributed by atoms with E-state index in [1.807, 2.05) is 40.1 Å². The third-order valence-electron chi connectivity index (χ3n) is 5.64. The van der Waals surface area contributed by atoms with Gasteiger partial charge in [0.1, 0.15) is 0 Å². The summed E-state index contributed by atoms with van der Waals surface area (Å²) >= 11 is 1.70. The van der Waals surface area contributed by atoms with Crippen LogP contribution in [0.4, 0.5) is 0 Å². The van der Waals surface area contributed by atoms with Gasteiger partial charge in [0.25, 0.3) is 0 Å². The maximum absolute atomic E-state index is 9.11. The molecule has 1 aromatic rings. The highest BCUT2D eigenvalue weighted by Crippen LogP contribution is 2.36. The molecule has 6 nitrogen and oxygen atoms in total. The van der Waals surface area contributed by atoms with E-state index in [1.165, 1.54) is 12.8 Å². The van der Waals surface area contributed by atoms with Gasteiger partial charge in [0.05, 0.1) is 17.8 Å².